The molecule has 3 rings (SSSR count). The van der Waals surface area contributed by atoms with Crippen molar-refractivity contribution in [3.63, 3.8) is 0 Å². The van der Waals surface area contributed by atoms with Gasteiger partial charge in [0.25, 0.3) is 0 Å². The van der Waals surface area contributed by atoms with Crippen molar-refractivity contribution in [3.8, 4) is 0 Å². The first kappa shape index (κ1) is 14.9. The van der Waals surface area contributed by atoms with Crippen LogP contribution in [-0.2, 0) is 10.0 Å². The lowest BCUT2D eigenvalue weighted by molar-refractivity contribution is 0.0699. The van der Waals surface area contributed by atoms with Gasteiger partial charge >= 0.3 is 5.97 Å². The Morgan fingerprint density at radius 3 is 2.50 bits per heavy atom. The van der Waals surface area contributed by atoms with Gasteiger partial charge in [-0.1, -0.05) is 0 Å². The van der Waals surface area contributed by atoms with E-state index in [2.05, 4.69) is 4.98 Å². The van der Waals surface area contributed by atoms with Crippen molar-refractivity contribution in [1.29, 1.82) is 0 Å². The Bertz CT molecular complexity index is 870. The number of aromatic carboxylic acids is 1. The molecule has 7 heteroatoms. The van der Waals surface area contributed by atoms with Crippen LogP contribution in [0.4, 0.5) is 0 Å². The number of sulfonamides is 1. The van der Waals surface area contributed by atoms with E-state index in [1.165, 1.54) is 26.2 Å². The molecule has 0 radical (unpaired) electrons. The Morgan fingerprint density at radius 2 is 1.95 bits per heavy atom. The van der Waals surface area contributed by atoms with E-state index in [0.29, 0.717) is 16.8 Å². The van der Waals surface area contributed by atoms with Crippen LogP contribution in [-0.4, -0.2) is 42.9 Å². The minimum absolute atomic E-state index is 0.0634. The van der Waals surface area contributed by atoms with E-state index in [-0.39, 0.29) is 10.5 Å². The zero-order valence-electron chi connectivity index (χ0n) is 12.3. The van der Waals surface area contributed by atoms with Crippen LogP contribution in [0.2, 0.25) is 0 Å². The first-order chi connectivity index (χ1) is 10.3. The molecule has 1 fully saturated rings. The molecular weight excluding hydrogens is 304 g/mol. The summed E-state index contributed by atoms with van der Waals surface area (Å²) >= 11 is 0. The summed E-state index contributed by atoms with van der Waals surface area (Å²) in [6.07, 6.45) is 2.04. The van der Waals surface area contributed by atoms with Crippen molar-refractivity contribution in [2.45, 2.75) is 23.7 Å². The average molecular weight is 320 g/mol. The van der Waals surface area contributed by atoms with E-state index in [4.69, 9.17) is 0 Å². The van der Waals surface area contributed by atoms with E-state index in [1.54, 1.807) is 12.1 Å². The maximum atomic E-state index is 12.2. The van der Waals surface area contributed by atoms with Crippen molar-refractivity contribution in [2.75, 3.05) is 14.1 Å². The number of benzene rings is 1. The Hall–Kier alpha value is -1.99. The number of carboxylic acid groups (broad SMARTS) is 1. The van der Waals surface area contributed by atoms with Crippen LogP contribution in [0.3, 0.4) is 0 Å². The van der Waals surface area contributed by atoms with Gasteiger partial charge in [0.15, 0.2) is 0 Å². The third kappa shape index (κ3) is 2.46. The number of carboxylic acids is 1. The summed E-state index contributed by atoms with van der Waals surface area (Å²) in [4.78, 5) is 16.1. The summed E-state index contributed by atoms with van der Waals surface area (Å²) in [7, 11) is -0.739. The van der Waals surface area contributed by atoms with Gasteiger partial charge in [0.05, 0.1) is 16.0 Å². The molecule has 1 heterocycles. The third-order valence-electron chi connectivity index (χ3n) is 3.80. The van der Waals surface area contributed by atoms with Gasteiger partial charge < -0.3 is 5.11 Å². The summed E-state index contributed by atoms with van der Waals surface area (Å²) in [5.74, 6) is -0.749. The van der Waals surface area contributed by atoms with Gasteiger partial charge in [-0.25, -0.2) is 17.5 Å². The standard InChI is InChI=1S/C15H16N2O4S/c1-17(2)22(20,21)10-5-6-13-11(7-10)12(15(18)19)8-14(16-13)9-3-4-9/h5-9H,3-4H2,1-2H3,(H,18,19). The zero-order valence-corrected chi connectivity index (χ0v) is 13.1. The predicted molar refractivity (Wildman–Crippen MR) is 81.6 cm³/mol. The zero-order chi connectivity index (χ0) is 16.1. The molecule has 1 aliphatic rings. The van der Waals surface area contributed by atoms with Crippen molar-refractivity contribution in [1.82, 2.24) is 9.29 Å². The average Bonchev–Trinajstić information content (AvgIpc) is 3.29. The smallest absolute Gasteiger partial charge is 0.336 e. The molecular formula is C15H16N2O4S. The van der Waals surface area contributed by atoms with Crippen LogP contribution in [0.1, 0.15) is 34.8 Å². The van der Waals surface area contributed by atoms with Gasteiger partial charge in [-0.2, -0.15) is 0 Å². The fourth-order valence-electron chi connectivity index (χ4n) is 2.36. The Labute approximate surface area is 128 Å². The van der Waals surface area contributed by atoms with Crippen LogP contribution in [0.15, 0.2) is 29.2 Å². The maximum absolute atomic E-state index is 12.2. The topological polar surface area (TPSA) is 87.6 Å². The molecule has 0 spiro atoms. The second kappa shape index (κ2) is 5.03. The molecule has 116 valence electrons. The number of nitrogens with zero attached hydrogens (tertiary/aromatic N) is 2. The van der Waals surface area contributed by atoms with Crippen molar-refractivity contribution in [2.24, 2.45) is 0 Å². The molecule has 0 aliphatic heterocycles. The van der Waals surface area contributed by atoms with Crippen LogP contribution < -0.4 is 0 Å². The molecule has 1 aliphatic carbocycles. The van der Waals surface area contributed by atoms with Crippen molar-refractivity contribution >= 4 is 26.9 Å². The number of pyridine rings is 1. The summed E-state index contributed by atoms with van der Waals surface area (Å²) in [6, 6.07) is 5.99. The summed E-state index contributed by atoms with van der Waals surface area (Å²) < 4.78 is 25.5. The van der Waals surface area contributed by atoms with Gasteiger partial charge in [0, 0.05) is 31.1 Å². The molecule has 0 atom stereocenters. The first-order valence-electron chi connectivity index (χ1n) is 6.91. The van der Waals surface area contributed by atoms with Crippen molar-refractivity contribution < 1.29 is 18.3 Å². The molecule has 0 saturated heterocycles. The fourth-order valence-corrected chi connectivity index (χ4v) is 3.29. The summed E-state index contributed by atoms with van der Waals surface area (Å²) in [6.45, 7) is 0. The molecule has 0 bridgehead atoms. The largest absolute Gasteiger partial charge is 0.478 e. The minimum Gasteiger partial charge on any atom is -0.478 e. The minimum atomic E-state index is -3.61. The quantitative estimate of drug-likeness (QED) is 0.931. The molecule has 0 unspecified atom stereocenters. The van der Waals surface area contributed by atoms with Crippen LogP contribution >= 0.6 is 0 Å². The second-order valence-electron chi connectivity index (χ2n) is 5.64. The highest BCUT2D eigenvalue weighted by molar-refractivity contribution is 7.89. The monoisotopic (exact) mass is 320 g/mol. The lowest BCUT2D eigenvalue weighted by atomic mass is 10.1. The summed E-state index contributed by atoms with van der Waals surface area (Å²) in [5.41, 5.74) is 1.38. The van der Waals surface area contributed by atoms with Gasteiger partial charge in [-0.3, -0.25) is 4.98 Å². The Balaban J connectivity index is 2.25. The molecule has 6 nitrogen and oxygen atoms in total. The van der Waals surface area contributed by atoms with Crippen LogP contribution in [0.5, 0.6) is 0 Å². The normalized spacial score (nSPS) is 15.4. The van der Waals surface area contributed by atoms with Crippen LogP contribution in [0, 0.1) is 0 Å². The molecule has 1 N–H and O–H groups in total. The number of carbonyl (C=O) groups is 1. The van der Waals surface area contributed by atoms with E-state index in [0.717, 1.165) is 22.8 Å². The van der Waals surface area contributed by atoms with Gasteiger partial charge in [-0.15, -0.1) is 0 Å². The predicted octanol–water partition coefficient (Wildman–Crippen LogP) is 2.06. The Kier molecular flexibility index (Phi) is 3.41. The molecule has 1 aromatic heterocycles. The summed E-state index contributed by atoms with van der Waals surface area (Å²) in [5, 5.41) is 9.77. The number of fused-ring (bicyclic) bond motifs is 1. The van der Waals surface area contributed by atoms with E-state index >= 15 is 0 Å². The SMILES string of the molecule is CN(C)S(=O)(=O)c1ccc2nc(C3CC3)cc(C(=O)O)c2c1. The maximum Gasteiger partial charge on any atom is 0.336 e. The van der Waals surface area contributed by atoms with E-state index < -0.39 is 16.0 Å². The highest BCUT2D eigenvalue weighted by atomic mass is 32.2. The molecule has 0 amide bonds. The molecule has 22 heavy (non-hydrogen) atoms. The van der Waals surface area contributed by atoms with Gasteiger partial charge in [0.1, 0.15) is 0 Å². The van der Waals surface area contributed by atoms with Gasteiger partial charge in [-0.05, 0) is 37.1 Å². The molecule has 2 aromatic rings. The second-order valence-corrected chi connectivity index (χ2v) is 7.79. The molecule has 1 saturated carbocycles. The number of hydrogen-bond donors (Lipinski definition) is 1. The number of aromatic nitrogens is 1. The van der Waals surface area contributed by atoms with Gasteiger partial charge in [0.2, 0.25) is 10.0 Å². The highest BCUT2D eigenvalue weighted by Gasteiger charge is 2.27. The number of rotatable bonds is 4. The van der Waals surface area contributed by atoms with E-state index in [9.17, 15) is 18.3 Å². The first-order valence-corrected chi connectivity index (χ1v) is 8.35. The lowest BCUT2D eigenvalue weighted by Crippen LogP contribution is -2.22. The highest BCUT2D eigenvalue weighted by Crippen LogP contribution is 2.40. The lowest BCUT2D eigenvalue weighted by Gasteiger charge is -2.13. The van der Waals surface area contributed by atoms with Crippen LogP contribution in [0.25, 0.3) is 10.9 Å². The fraction of sp³-hybridized carbons (Fsp3) is 0.333. The third-order valence-corrected chi connectivity index (χ3v) is 5.62. The Morgan fingerprint density at radius 1 is 1.27 bits per heavy atom. The van der Waals surface area contributed by atoms with E-state index in [1.807, 2.05) is 0 Å². The molecule has 1 aromatic carbocycles. The van der Waals surface area contributed by atoms with Crippen molar-refractivity contribution in [3.05, 3.63) is 35.5 Å². The number of hydrogen-bond acceptors (Lipinski definition) is 4.